The lowest BCUT2D eigenvalue weighted by molar-refractivity contribution is 0.0983. The maximum Gasteiger partial charge on any atom is 0.291 e. The average molecular weight is 402 g/mol. The smallest absolute Gasteiger partial charge is 0.291 e. The first-order chi connectivity index (χ1) is 14.7. The third-order valence-electron chi connectivity index (χ3n) is 5.01. The van der Waals surface area contributed by atoms with Gasteiger partial charge in [-0.2, -0.15) is 5.10 Å². The molecule has 0 atom stereocenters. The van der Waals surface area contributed by atoms with Gasteiger partial charge in [0.05, 0.1) is 18.4 Å². The molecule has 1 aromatic carbocycles. The molecule has 0 radical (unpaired) electrons. The number of nitrogens with one attached hydrogen (secondary N) is 1. The Bertz CT molecular complexity index is 1190. The van der Waals surface area contributed by atoms with Gasteiger partial charge in [-0.15, -0.1) is 0 Å². The normalized spacial score (nSPS) is 12.7. The molecule has 3 aromatic heterocycles. The van der Waals surface area contributed by atoms with Crippen molar-refractivity contribution in [1.29, 1.82) is 0 Å². The van der Waals surface area contributed by atoms with E-state index in [2.05, 4.69) is 10.4 Å². The summed E-state index contributed by atoms with van der Waals surface area (Å²) in [5.74, 6) is 0.450. The first kappa shape index (κ1) is 18.0. The molecule has 0 aliphatic carbocycles. The van der Waals surface area contributed by atoms with Crippen molar-refractivity contribution in [3.8, 4) is 0 Å². The molecule has 5 rings (SSSR count). The zero-order valence-electron chi connectivity index (χ0n) is 15.9. The van der Waals surface area contributed by atoms with Crippen molar-refractivity contribution in [2.24, 2.45) is 0 Å². The van der Waals surface area contributed by atoms with Gasteiger partial charge in [0.1, 0.15) is 12.0 Å². The first-order valence-corrected chi connectivity index (χ1v) is 9.52. The van der Waals surface area contributed by atoms with Crippen LogP contribution in [0.4, 0.5) is 11.4 Å². The number of amides is 2. The highest BCUT2D eigenvalue weighted by atomic mass is 16.4. The SMILES string of the molecule is O=C(Nc1ccc2c(c1)CCN2C(=O)c1ccoc1)c1ccc(Cn2cccn2)o1. The van der Waals surface area contributed by atoms with E-state index in [-0.39, 0.29) is 17.6 Å². The molecule has 1 N–H and O–H groups in total. The van der Waals surface area contributed by atoms with Crippen LogP contribution in [0, 0.1) is 0 Å². The molecule has 0 bridgehead atoms. The van der Waals surface area contributed by atoms with Crippen molar-refractivity contribution >= 4 is 23.2 Å². The molecule has 2 amide bonds. The summed E-state index contributed by atoms with van der Waals surface area (Å²) in [5, 5.41) is 6.98. The fourth-order valence-electron chi connectivity index (χ4n) is 3.56. The summed E-state index contributed by atoms with van der Waals surface area (Å²) >= 11 is 0. The zero-order valence-corrected chi connectivity index (χ0v) is 15.9. The molecule has 4 aromatic rings. The van der Waals surface area contributed by atoms with E-state index < -0.39 is 0 Å². The number of hydrogen-bond donors (Lipinski definition) is 1. The van der Waals surface area contributed by atoms with Crippen molar-refractivity contribution in [3.05, 3.63) is 90.0 Å². The zero-order chi connectivity index (χ0) is 20.5. The van der Waals surface area contributed by atoms with Crippen molar-refractivity contribution < 1.29 is 18.4 Å². The Morgan fingerprint density at radius 1 is 1.17 bits per heavy atom. The number of nitrogens with zero attached hydrogens (tertiary/aromatic N) is 3. The molecule has 1 aliphatic rings. The van der Waals surface area contributed by atoms with Gasteiger partial charge in [0.2, 0.25) is 0 Å². The number of benzene rings is 1. The first-order valence-electron chi connectivity index (χ1n) is 9.52. The average Bonchev–Trinajstić information content (AvgIpc) is 3.54. The lowest BCUT2D eigenvalue weighted by atomic mass is 10.1. The highest BCUT2D eigenvalue weighted by molar-refractivity contribution is 6.07. The fraction of sp³-hybridized carbons (Fsp3) is 0.136. The number of hydrogen-bond acceptors (Lipinski definition) is 5. The molecular formula is C22H18N4O4. The Balaban J connectivity index is 1.28. The lowest BCUT2D eigenvalue weighted by Gasteiger charge is -2.16. The molecule has 0 saturated heterocycles. The van der Waals surface area contributed by atoms with Crippen LogP contribution in [0.25, 0.3) is 0 Å². The largest absolute Gasteiger partial charge is 0.472 e. The van der Waals surface area contributed by atoms with Gasteiger partial charge < -0.3 is 19.1 Å². The van der Waals surface area contributed by atoms with Crippen LogP contribution < -0.4 is 10.2 Å². The summed E-state index contributed by atoms with van der Waals surface area (Å²) in [6.07, 6.45) is 7.16. The van der Waals surface area contributed by atoms with Gasteiger partial charge in [0.25, 0.3) is 11.8 Å². The molecule has 1 aliphatic heterocycles. The highest BCUT2D eigenvalue weighted by Crippen LogP contribution is 2.32. The summed E-state index contributed by atoms with van der Waals surface area (Å²) in [4.78, 5) is 26.9. The Kier molecular flexibility index (Phi) is 4.44. The van der Waals surface area contributed by atoms with Crippen molar-refractivity contribution in [2.75, 3.05) is 16.8 Å². The fourth-order valence-corrected chi connectivity index (χ4v) is 3.56. The Morgan fingerprint density at radius 3 is 2.90 bits per heavy atom. The Hall–Kier alpha value is -4.07. The molecule has 30 heavy (non-hydrogen) atoms. The number of rotatable bonds is 5. The minimum absolute atomic E-state index is 0.0976. The second-order valence-electron chi connectivity index (χ2n) is 6.99. The summed E-state index contributed by atoms with van der Waals surface area (Å²) in [6, 6.07) is 12.4. The molecule has 8 nitrogen and oxygen atoms in total. The van der Waals surface area contributed by atoms with Crippen LogP contribution in [0.5, 0.6) is 0 Å². The van der Waals surface area contributed by atoms with Crippen LogP contribution in [0.2, 0.25) is 0 Å². The van der Waals surface area contributed by atoms with Gasteiger partial charge in [0.15, 0.2) is 5.76 Å². The maximum atomic E-state index is 12.6. The molecule has 0 saturated carbocycles. The molecular weight excluding hydrogens is 384 g/mol. The number of aromatic nitrogens is 2. The highest BCUT2D eigenvalue weighted by Gasteiger charge is 2.26. The number of carbonyl (C=O) groups excluding carboxylic acids is 2. The maximum absolute atomic E-state index is 12.6. The molecule has 0 unspecified atom stereocenters. The van der Waals surface area contributed by atoms with Crippen LogP contribution >= 0.6 is 0 Å². The van der Waals surface area contributed by atoms with Crippen molar-refractivity contribution in [2.45, 2.75) is 13.0 Å². The quantitative estimate of drug-likeness (QED) is 0.551. The van der Waals surface area contributed by atoms with E-state index in [1.165, 1.54) is 12.5 Å². The van der Waals surface area contributed by atoms with E-state index in [0.29, 0.717) is 30.1 Å². The number of fused-ring (bicyclic) bond motifs is 1. The van der Waals surface area contributed by atoms with Crippen molar-refractivity contribution in [3.63, 3.8) is 0 Å². The minimum Gasteiger partial charge on any atom is -0.472 e. The lowest BCUT2D eigenvalue weighted by Crippen LogP contribution is -2.28. The van der Waals surface area contributed by atoms with Gasteiger partial charge in [0, 0.05) is 30.3 Å². The van der Waals surface area contributed by atoms with E-state index in [9.17, 15) is 9.59 Å². The summed E-state index contributed by atoms with van der Waals surface area (Å²) in [6.45, 7) is 1.05. The van der Waals surface area contributed by atoms with E-state index in [1.807, 2.05) is 24.4 Å². The summed E-state index contributed by atoms with van der Waals surface area (Å²) in [5.41, 5.74) is 3.02. The molecule has 0 spiro atoms. The molecule has 8 heteroatoms. The van der Waals surface area contributed by atoms with Crippen molar-refractivity contribution in [1.82, 2.24) is 9.78 Å². The third-order valence-corrected chi connectivity index (χ3v) is 5.01. The molecule has 0 fully saturated rings. The van der Waals surface area contributed by atoms with Gasteiger partial charge in [-0.05, 0) is 54.4 Å². The molecule has 4 heterocycles. The van der Waals surface area contributed by atoms with Gasteiger partial charge in [-0.3, -0.25) is 14.3 Å². The number of carbonyl (C=O) groups is 2. The van der Waals surface area contributed by atoms with Crippen LogP contribution in [-0.2, 0) is 13.0 Å². The molecule has 150 valence electrons. The Morgan fingerprint density at radius 2 is 2.10 bits per heavy atom. The number of furan rings is 2. The Labute approximate surface area is 171 Å². The number of anilines is 2. The van der Waals surface area contributed by atoms with Crippen LogP contribution in [0.1, 0.15) is 32.2 Å². The third kappa shape index (κ3) is 3.39. The summed E-state index contributed by atoms with van der Waals surface area (Å²) in [7, 11) is 0. The standard InChI is InChI=1S/C22H18N4O4/c27-21(20-5-3-18(30-20)13-25-9-1-8-23-25)24-17-2-4-19-15(12-17)6-10-26(19)22(28)16-7-11-29-14-16/h1-5,7-9,11-12,14H,6,10,13H2,(H,24,27). The van der Waals surface area contributed by atoms with Gasteiger partial charge in [-0.25, -0.2) is 0 Å². The predicted octanol–water partition coefficient (Wildman–Crippen LogP) is 3.57. The topological polar surface area (TPSA) is 93.5 Å². The van der Waals surface area contributed by atoms with E-state index in [4.69, 9.17) is 8.83 Å². The van der Waals surface area contributed by atoms with E-state index in [1.54, 1.807) is 40.0 Å². The minimum atomic E-state index is -0.328. The second kappa shape index (κ2) is 7.40. The van der Waals surface area contributed by atoms with E-state index >= 15 is 0 Å². The monoisotopic (exact) mass is 402 g/mol. The van der Waals surface area contributed by atoms with E-state index in [0.717, 1.165) is 17.7 Å². The van der Waals surface area contributed by atoms with Crippen LogP contribution in [0.3, 0.4) is 0 Å². The summed E-state index contributed by atoms with van der Waals surface area (Å²) < 4.78 is 12.4. The van der Waals surface area contributed by atoms with Crippen LogP contribution in [-0.4, -0.2) is 28.1 Å². The second-order valence-corrected chi connectivity index (χ2v) is 6.99. The van der Waals surface area contributed by atoms with Gasteiger partial charge >= 0.3 is 0 Å². The predicted molar refractivity (Wildman–Crippen MR) is 109 cm³/mol. The van der Waals surface area contributed by atoms with Crippen LogP contribution in [0.15, 0.2) is 76.2 Å². The van der Waals surface area contributed by atoms with Gasteiger partial charge in [-0.1, -0.05) is 0 Å².